The summed E-state index contributed by atoms with van der Waals surface area (Å²) in [6.07, 6.45) is 3.18. The Morgan fingerprint density at radius 3 is 2.47 bits per heavy atom. The maximum atomic E-state index is 13.7. The number of aryl methyl sites for hydroxylation is 1. The van der Waals surface area contributed by atoms with Gasteiger partial charge >= 0.3 is 5.97 Å². The van der Waals surface area contributed by atoms with Crippen LogP contribution >= 0.6 is 0 Å². The summed E-state index contributed by atoms with van der Waals surface area (Å²) < 4.78 is 16.1. The number of benzene rings is 2. The Labute approximate surface area is 212 Å². The molecular formula is C28H35N3O5. The van der Waals surface area contributed by atoms with Gasteiger partial charge in [0.25, 0.3) is 5.91 Å². The van der Waals surface area contributed by atoms with Crippen molar-refractivity contribution in [3.05, 3.63) is 59.2 Å². The van der Waals surface area contributed by atoms with Gasteiger partial charge < -0.3 is 14.2 Å². The number of amides is 1. The van der Waals surface area contributed by atoms with E-state index >= 15 is 0 Å². The third-order valence-electron chi connectivity index (χ3n) is 6.86. The highest BCUT2D eigenvalue weighted by Gasteiger charge is 2.37. The Bertz CT molecular complexity index is 1110. The molecule has 0 bridgehead atoms. The van der Waals surface area contributed by atoms with Gasteiger partial charge in [0.15, 0.2) is 11.5 Å². The van der Waals surface area contributed by atoms with Crippen LogP contribution in [0.2, 0.25) is 0 Å². The van der Waals surface area contributed by atoms with Crippen LogP contribution in [0.15, 0.2) is 47.6 Å². The first-order chi connectivity index (χ1) is 17.4. The largest absolute Gasteiger partial charge is 0.493 e. The molecule has 2 unspecified atom stereocenters. The summed E-state index contributed by atoms with van der Waals surface area (Å²) in [4.78, 5) is 28.2. The zero-order valence-corrected chi connectivity index (χ0v) is 21.5. The van der Waals surface area contributed by atoms with Gasteiger partial charge in [0.1, 0.15) is 6.04 Å². The first kappa shape index (κ1) is 25.7. The molecule has 0 saturated carbocycles. The van der Waals surface area contributed by atoms with Crippen molar-refractivity contribution >= 4 is 17.6 Å². The number of esters is 1. The second kappa shape index (κ2) is 11.6. The van der Waals surface area contributed by atoms with Crippen molar-refractivity contribution in [2.75, 3.05) is 33.9 Å². The highest BCUT2D eigenvalue weighted by Crippen LogP contribution is 2.36. The molecule has 2 aliphatic rings. The number of hydrogen-bond donors (Lipinski definition) is 0. The molecule has 0 aromatic heterocycles. The van der Waals surface area contributed by atoms with Gasteiger partial charge in [0.05, 0.1) is 39.1 Å². The number of piperidine rings is 1. The molecule has 1 amide bonds. The van der Waals surface area contributed by atoms with Gasteiger partial charge in [-0.3, -0.25) is 14.5 Å². The SMILES string of the molecule is CCOC(=O)C1CCCCN1CC(=O)N1N=C(c2ccc(OC)c(OC)c2)CC1c1ccc(C)cc1. The second-order valence-electron chi connectivity index (χ2n) is 9.22. The van der Waals surface area contributed by atoms with Crippen molar-refractivity contribution in [3.63, 3.8) is 0 Å². The Kier molecular flexibility index (Phi) is 8.25. The zero-order chi connectivity index (χ0) is 25.7. The Morgan fingerprint density at radius 1 is 1.03 bits per heavy atom. The van der Waals surface area contributed by atoms with Crippen molar-refractivity contribution in [2.24, 2.45) is 5.10 Å². The van der Waals surface area contributed by atoms with Crippen LogP contribution < -0.4 is 9.47 Å². The molecule has 8 heteroatoms. The van der Waals surface area contributed by atoms with Gasteiger partial charge in [-0.15, -0.1) is 0 Å². The van der Waals surface area contributed by atoms with E-state index in [9.17, 15) is 9.59 Å². The lowest BCUT2D eigenvalue weighted by Crippen LogP contribution is -2.49. The minimum absolute atomic E-state index is 0.120. The fraction of sp³-hybridized carbons (Fsp3) is 0.464. The van der Waals surface area contributed by atoms with Crippen LogP contribution in [0.1, 0.15) is 55.3 Å². The fourth-order valence-electron chi connectivity index (χ4n) is 4.91. The van der Waals surface area contributed by atoms with Crippen molar-refractivity contribution in [1.82, 2.24) is 9.91 Å². The second-order valence-corrected chi connectivity index (χ2v) is 9.22. The summed E-state index contributed by atoms with van der Waals surface area (Å²) >= 11 is 0. The van der Waals surface area contributed by atoms with Gasteiger partial charge in [-0.1, -0.05) is 36.2 Å². The molecule has 4 rings (SSSR count). The predicted octanol–water partition coefficient (Wildman–Crippen LogP) is 4.11. The van der Waals surface area contributed by atoms with Crippen LogP contribution in [0.4, 0.5) is 0 Å². The Hall–Kier alpha value is -3.39. The number of nitrogens with zero attached hydrogens (tertiary/aromatic N) is 3. The maximum absolute atomic E-state index is 13.7. The standard InChI is InChI=1S/C28H35N3O5/c1-5-36-28(33)23-8-6-7-15-30(23)18-27(32)31-24(20-11-9-19(2)10-12-20)17-22(29-31)21-13-14-25(34-3)26(16-21)35-4/h9-14,16,23-24H,5-8,15,17-18H2,1-4H3. The Balaban J connectivity index is 1.62. The number of hydrogen-bond acceptors (Lipinski definition) is 7. The molecule has 1 fully saturated rings. The van der Waals surface area contributed by atoms with Crippen LogP contribution in [0, 0.1) is 6.92 Å². The first-order valence-electron chi connectivity index (χ1n) is 12.5. The third-order valence-corrected chi connectivity index (χ3v) is 6.86. The fourth-order valence-corrected chi connectivity index (χ4v) is 4.91. The molecule has 0 N–H and O–H groups in total. The van der Waals surface area contributed by atoms with Crippen molar-refractivity contribution in [1.29, 1.82) is 0 Å². The molecule has 36 heavy (non-hydrogen) atoms. The molecule has 2 aliphatic heterocycles. The number of methoxy groups -OCH3 is 2. The molecule has 1 saturated heterocycles. The van der Waals surface area contributed by atoms with E-state index in [1.54, 1.807) is 26.2 Å². The lowest BCUT2D eigenvalue weighted by Gasteiger charge is -2.34. The van der Waals surface area contributed by atoms with Gasteiger partial charge in [-0.25, -0.2) is 5.01 Å². The minimum atomic E-state index is -0.391. The monoisotopic (exact) mass is 493 g/mol. The van der Waals surface area contributed by atoms with Crippen molar-refractivity contribution in [3.8, 4) is 11.5 Å². The van der Waals surface area contributed by atoms with E-state index in [1.165, 1.54) is 0 Å². The number of likely N-dealkylation sites (tertiary alicyclic amines) is 1. The molecule has 0 spiro atoms. The van der Waals surface area contributed by atoms with Gasteiger partial charge in [-0.05, 0) is 57.0 Å². The average molecular weight is 494 g/mol. The van der Waals surface area contributed by atoms with Crippen LogP contribution in [0.3, 0.4) is 0 Å². The predicted molar refractivity (Wildman–Crippen MR) is 137 cm³/mol. The van der Waals surface area contributed by atoms with Gasteiger partial charge in [-0.2, -0.15) is 5.10 Å². The lowest BCUT2D eigenvalue weighted by molar-refractivity contribution is -0.152. The van der Waals surface area contributed by atoms with Gasteiger partial charge in [0.2, 0.25) is 0 Å². The minimum Gasteiger partial charge on any atom is -0.493 e. The van der Waals surface area contributed by atoms with E-state index in [-0.39, 0.29) is 24.5 Å². The van der Waals surface area contributed by atoms with Crippen LogP contribution in [-0.4, -0.2) is 67.5 Å². The van der Waals surface area contributed by atoms with E-state index in [0.717, 1.165) is 35.2 Å². The molecule has 2 heterocycles. The van der Waals surface area contributed by atoms with E-state index in [1.807, 2.05) is 42.2 Å². The number of carbonyl (C=O) groups is 2. The average Bonchev–Trinajstić information content (AvgIpc) is 3.35. The molecule has 192 valence electrons. The number of hydrazone groups is 1. The third kappa shape index (κ3) is 5.54. The summed E-state index contributed by atoms with van der Waals surface area (Å²) in [5.74, 6) is 0.862. The number of rotatable bonds is 8. The number of carbonyl (C=O) groups excluding carboxylic acids is 2. The van der Waals surface area contributed by atoms with E-state index < -0.39 is 6.04 Å². The van der Waals surface area contributed by atoms with Crippen molar-refractivity contribution in [2.45, 2.75) is 51.6 Å². The molecule has 2 atom stereocenters. The van der Waals surface area contributed by atoms with Crippen molar-refractivity contribution < 1.29 is 23.8 Å². The van der Waals surface area contributed by atoms with E-state index in [4.69, 9.17) is 19.3 Å². The molecular weight excluding hydrogens is 458 g/mol. The summed E-state index contributed by atoms with van der Waals surface area (Å²) in [5.41, 5.74) is 3.85. The smallest absolute Gasteiger partial charge is 0.323 e. The first-order valence-corrected chi connectivity index (χ1v) is 12.5. The zero-order valence-electron chi connectivity index (χ0n) is 21.5. The van der Waals surface area contributed by atoms with Crippen LogP contribution in [-0.2, 0) is 14.3 Å². The van der Waals surface area contributed by atoms with Crippen LogP contribution in [0.5, 0.6) is 11.5 Å². The number of ether oxygens (including phenoxy) is 3. The molecule has 0 radical (unpaired) electrons. The van der Waals surface area contributed by atoms with Gasteiger partial charge in [0, 0.05) is 12.0 Å². The summed E-state index contributed by atoms with van der Waals surface area (Å²) in [6, 6.07) is 13.2. The molecule has 2 aromatic carbocycles. The van der Waals surface area contributed by atoms with E-state index in [0.29, 0.717) is 37.5 Å². The summed E-state index contributed by atoms with van der Waals surface area (Å²) in [7, 11) is 3.20. The summed E-state index contributed by atoms with van der Waals surface area (Å²) in [5, 5.41) is 6.39. The normalized spacial score (nSPS) is 20.1. The topological polar surface area (TPSA) is 80.7 Å². The Morgan fingerprint density at radius 2 is 1.78 bits per heavy atom. The molecule has 2 aromatic rings. The molecule has 0 aliphatic carbocycles. The maximum Gasteiger partial charge on any atom is 0.323 e. The molecule has 8 nitrogen and oxygen atoms in total. The highest BCUT2D eigenvalue weighted by molar-refractivity contribution is 6.03. The quantitative estimate of drug-likeness (QED) is 0.515. The van der Waals surface area contributed by atoms with Crippen LogP contribution in [0.25, 0.3) is 0 Å². The highest BCUT2D eigenvalue weighted by atomic mass is 16.5. The lowest BCUT2D eigenvalue weighted by atomic mass is 9.97. The summed E-state index contributed by atoms with van der Waals surface area (Å²) in [6.45, 7) is 4.98. The van der Waals surface area contributed by atoms with E-state index in [2.05, 4.69) is 12.1 Å².